The standard InChI is InChI=1S/C53H33N5/c1-4-16-34(17-5-1)49-55-50(35-18-6-2-7-19-35)57-51(56-49)36-28-30-41-39-22-10-12-24-43(39)53(45(41)32-36)44-25-13-11-23-40(44)42-31-29-37(33-46(42)53)52-54-47-26-14-15-27-48(47)58(52)38-20-8-3-9-21-38/h1-33H. The van der Waals surface area contributed by atoms with Crippen LogP contribution in [-0.4, -0.2) is 24.5 Å². The third kappa shape index (κ3) is 4.71. The summed E-state index contributed by atoms with van der Waals surface area (Å²) in [6.07, 6.45) is 0. The largest absolute Gasteiger partial charge is 0.292 e. The molecule has 1 spiro atoms. The first-order valence-electron chi connectivity index (χ1n) is 19.6. The molecule has 12 rings (SSSR count). The van der Waals surface area contributed by atoms with Crippen LogP contribution >= 0.6 is 0 Å². The fourth-order valence-corrected chi connectivity index (χ4v) is 9.41. The van der Waals surface area contributed by atoms with Gasteiger partial charge >= 0.3 is 0 Å². The minimum atomic E-state index is -0.592. The zero-order valence-electron chi connectivity index (χ0n) is 31.3. The second-order valence-electron chi connectivity index (χ2n) is 15.0. The van der Waals surface area contributed by atoms with Crippen LogP contribution in [0.3, 0.4) is 0 Å². The van der Waals surface area contributed by atoms with Crippen molar-refractivity contribution in [3.63, 3.8) is 0 Å². The average Bonchev–Trinajstić information content (AvgIpc) is 3.94. The van der Waals surface area contributed by atoms with Crippen LogP contribution in [-0.2, 0) is 5.41 Å². The Bertz CT molecular complexity index is 3160. The second-order valence-corrected chi connectivity index (χ2v) is 15.0. The molecule has 2 aliphatic rings. The van der Waals surface area contributed by atoms with Crippen LogP contribution in [0.2, 0.25) is 0 Å². The van der Waals surface area contributed by atoms with Gasteiger partial charge in [0.05, 0.1) is 16.4 Å². The summed E-state index contributed by atoms with van der Waals surface area (Å²) in [5.74, 6) is 2.84. The highest BCUT2D eigenvalue weighted by Gasteiger charge is 2.52. The van der Waals surface area contributed by atoms with Gasteiger partial charge in [-0.2, -0.15) is 0 Å². The first-order chi connectivity index (χ1) is 28.8. The lowest BCUT2D eigenvalue weighted by Gasteiger charge is -2.31. The van der Waals surface area contributed by atoms with Crippen LogP contribution in [0, 0.1) is 0 Å². The zero-order valence-corrected chi connectivity index (χ0v) is 31.3. The maximum atomic E-state index is 5.30. The summed E-state index contributed by atoms with van der Waals surface area (Å²) >= 11 is 0. The normalized spacial score (nSPS) is 14.6. The molecule has 0 bridgehead atoms. The SMILES string of the molecule is c1ccc(-c2nc(-c3ccccc3)nc(-c3ccc4c(c3)C3(c5ccccc5-4)c4ccccc4-c4ccc(-c5nc6ccccc6n5-c5ccccc5)cc43)n2)cc1. The summed E-state index contributed by atoms with van der Waals surface area (Å²) in [4.78, 5) is 20.6. The molecule has 0 saturated heterocycles. The summed E-state index contributed by atoms with van der Waals surface area (Å²) in [6, 6.07) is 70.9. The third-order valence-electron chi connectivity index (χ3n) is 11.9. The quantitative estimate of drug-likeness (QED) is 0.176. The lowest BCUT2D eigenvalue weighted by Crippen LogP contribution is -2.26. The topological polar surface area (TPSA) is 56.5 Å². The highest BCUT2D eigenvalue weighted by atomic mass is 15.1. The van der Waals surface area contributed by atoms with Crippen molar-refractivity contribution in [2.75, 3.05) is 0 Å². The molecule has 0 saturated carbocycles. The van der Waals surface area contributed by atoms with Crippen LogP contribution in [0.1, 0.15) is 22.3 Å². The Morgan fingerprint density at radius 3 is 1.38 bits per heavy atom. The molecule has 5 heteroatoms. The number of hydrogen-bond donors (Lipinski definition) is 0. The van der Waals surface area contributed by atoms with Crippen LogP contribution in [0.15, 0.2) is 200 Å². The number of benzene rings is 8. The van der Waals surface area contributed by atoms with E-state index in [1.807, 2.05) is 36.4 Å². The molecule has 10 aromatic rings. The molecule has 270 valence electrons. The van der Waals surface area contributed by atoms with Gasteiger partial charge in [0.25, 0.3) is 0 Å². The van der Waals surface area contributed by atoms with Crippen molar-refractivity contribution in [2.45, 2.75) is 5.41 Å². The van der Waals surface area contributed by atoms with Crippen molar-refractivity contribution in [2.24, 2.45) is 0 Å². The summed E-state index contributed by atoms with van der Waals surface area (Å²) in [5.41, 5.74) is 16.3. The van der Waals surface area contributed by atoms with Crippen molar-refractivity contribution >= 4 is 11.0 Å². The Morgan fingerprint density at radius 2 is 0.776 bits per heavy atom. The first kappa shape index (κ1) is 32.5. The molecule has 2 heterocycles. The minimum absolute atomic E-state index is 0.592. The minimum Gasteiger partial charge on any atom is -0.292 e. The number of para-hydroxylation sites is 3. The monoisotopic (exact) mass is 739 g/mol. The van der Waals surface area contributed by atoms with Crippen LogP contribution in [0.4, 0.5) is 0 Å². The van der Waals surface area contributed by atoms with Crippen molar-refractivity contribution < 1.29 is 0 Å². The summed E-state index contributed by atoms with van der Waals surface area (Å²) in [5, 5.41) is 0. The maximum absolute atomic E-state index is 5.30. The van der Waals surface area contributed by atoms with E-state index in [1.54, 1.807) is 0 Å². The fourth-order valence-electron chi connectivity index (χ4n) is 9.41. The lowest BCUT2D eigenvalue weighted by atomic mass is 9.70. The number of imidazole rings is 1. The first-order valence-corrected chi connectivity index (χ1v) is 19.6. The van der Waals surface area contributed by atoms with E-state index in [9.17, 15) is 0 Å². The van der Waals surface area contributed by atoms with Crippen molar-refractivity contribution in [3.8, 4) is 73.5 Å². The molecule has 1 unspecified atom stereocenters. The molecule has 0 amide bonds. The Kier molecular flexibility index (Phi) is 7.07. The molecular weight excluding hydrogens is 707 g/mol. The van der Waals surface area contributed by atoms with Gasteiger partial charge in [-0.05, 0) is 80.9 Å². The Balaban J connectivity index is 1.12. The lowest BCUT2D eigenvalue weighted by molar-refractivity contribution is 0.794. The van der Waals surface area contributed by atoms with E-state index in [0.29, 0.717) is 17.5 Å². The Hall–Kier alpha value is -7.76. The molecule has 5 nitrogen and oxygen atoms in total. The molecule has 58 heavy (non-hydrogen) atoms. The van der Waals surface area contributed by atoms with Gasteiger partial charge in [-0.15, -0.1) is 0 Å². The van der Waals surface area contributed by atoms with Crippen molar-refractivity contribution in [1.82, 2.24) is 24.5 Å². The van der Waals surface area contributed by atoms with Gasteiger partial charge in [0.1, 0.15) is 5.82 Å². The summed E-state index contributed by atoms with van der Waals surface area (Å²) in [6.45, 7) is 0. The molecule has 0 fully saturated rings. The van der Waals surface area contributed by atoms with Crippen molar-refractivity contribution in [3.05, 3.63) is 222 Å². The highest BCUT2D eigenvalue weighted by Crippen LogP contribution is 2.63. The van der Waals surface area contributed by atoms with Gasteiger partial charge in [0.15, 0.2) is 17.5 Å². The number of rotatable bonds is 5. The molecule has 0 radical (unpaired) electrons. The molecule has 0 N–H and O–H groups in total. The van der Waals surface area contributed by atoms with E-state index < -0.39 is 5.41 Å². The fraction of sp³-hybridized carbons (Fsp3) is 0.0189. The molecule has 0 aliphatic heterocycles. The molecule has 8 aromatic carbocycles. The zero-order chi connectivity index (χ0) is 38.2. The number of nitrogens with zero attached hydrogens (tertiary/aromatic N) is 5. The van der Waals surface area contributed by atoms with Gasteiger partial charge in [-0.25, -0.2) is 19.9 Å². The van der Waals surface area contributed by atoms with Gasteiger partial charge in [0.2, 0.25) is 0 Å². The van der Waals surface area contributed by atoms with Gasteiger partial charge < -0.3 is 0 Å². The van der Waals surface area contributed by atoms with Crippen molar-refractivity contribution in [1.29, 1.82) is 0 Å². The van der Waals surface area contributed by atoms with E-state index in [2.05, 4.69) is 168 Å². The summed E-state index contributed by atoms with van der Waals surface area (Å²) in [7, 11) is 0. The molecule has 1 atom stereocenters. The van der Waals surface area contributed by atoms with Gasteiger partial charge in [0, 0.05) is 27.9 Å². The van der Waals surface area contributed by atoms with Gasteiger partial charge in [-0.3, -0.25) is 4.57 Å². The average molecular weight is 740 g/mol. The highest BCUT2D eigenvalue weighted by molar-refractivity contribution is 5.97. The van der Waals surface area contributed by atoms with E-state index in [-0.39, 0.29) is 0 Å². The Labute approximate surface area is 335 Å². The summed E-state index contributed by atoms with van der Waals surface area (Å²) < 4.78 is 2.29. The number of aromatic nitrogens is 5. The van der Waals surface area contributed by atoms with E-state index in [1.165, 1.54) is 44.5 Å². The number of hydrogen-bond acceptors (Lipinski definition) is 4. The number of fused-ring (bicyclic) bond motifs is 11. The Morgan fingerprint density at radius 1 is 0.328 bits per heavy atom. The van der Waals surface area contributed by atoms with E-state index >= 15 is 0 Å². The second kappa shape index (κ2) is 12.6. The van der Waals surface area contributed by atoms with E-state index in [4.69, 9.17) is 19.9 Å². The van der Waals surface area contributed by atoms with Crippen LogP contribution in [0.25, 0.3) is 84.5 Å². The molecule has 2 aliphatic carbocycles. The molecular formula is C53H33N5. The predicted octanol–water partition coefficient (Wildman–Crippen LogP) is 12.2. The van der Waals surface area contributed by atoms with Gasteiger partial charge in [-0.1, -0.05) is 164 Å². The maximum Gasteiger partial charge on any atom is 0.164 e. The third-order valence-corrected chi connectivity index (χ3v) is 11.9. The van der Waals surface area contributed by atoms with E-state index in [0.717, 1.165) is 44.8 Å². The van der Waals surface area contributed by atoms with Crippen LogP contribution in [0.5, 0.6) is 0 Å². The molecule has 2 aromatic heterocycles. The smallest absolute Gasteiger partial charge is 0.164 e. The van der Waals surface area contributed by atoms with Crippen LogP contribution < -0.4 is 0 Å². The predicted molar refractivity (Wildman–Crippen MR) is 232 cm³/mol.